The quantitative estimate of drug-likeness (QED) is 0.567. The van der Waals surface area contributed by atoms with Crippen molar-refractivity contribution in [2.75, 3.05) is 24.6 Å². The largest absolute Gasteiger partial charge is 0.483 e. The van der Waals surface area contributed by atoms with Gasteiger partial charge in [0.2, 0.25) is 0 Å². The number of halogens is 4. The average molecular weight is 424 g/mol. The molecule has 0 bridgehead atoms. The molecule has 4 nitrogen and oxygen atoms in total. The van der Waals surface area contributed by atoms with Crippen LogP contribution < -0.4 is 9.64 Å². The van der Waals surface area contributed by atoms with Crippen molar-refractivity contribution in [1.29, 1.82) is 0 Å². The minimum Gasteiger partial charge on any atom is -0.483 e. The van der Waals surface area contributed by atoms with Crippen LogP contribution in [0.25, 0.3) is 0 Å². The van der Waals surface area contributed by atoms with Crippen LogP contribution in [0.2, 0.25) is 0 Å². The number of rotatable bonds is 8. The molecule has 1 aromatic heterocycles. The highest BCUT2D eigenvalue weighted by Gasteiger charge is 2.28. The Kier molecular flexibility index (Phi) is 6.95. The Bertz CT molecular complexity index is 838. The average Bonchev–Trinajstić information content (AvgIpc) is 3.13. The Labute approximate surface area is 172 Å². The number of carbonyl (C=O) groups excluding carboxylic acids is 1. The van der Waals surface area contributed by atoms with Gasteiger partial charge in [-0.05, 0) is 36.2 Å². The fourth-order valence-electron chi connectivity index (χ4n) is 3.46. The van der Waals surface area contributed by atoms with Crippen molar-refractivity contribution in [2.24, 2.45) is 0 Å². The number of anilines is 1. The van der Waals surface area contributed by atoms with Crippen molar-refractivity contribution in [1.82, 2.24) is 4.98 Å². The summed E-state index contributed by atoms with van der Waals surface area (Å²) < 4.78 is 54.5. The number of hydrogen-bond acceptors (Lipinski definition) is 4. The van der Waals surface area contributed by atoms with Crippen LogP contribution in [0.3, 0.4) is 0 Å². The van der Waals surface area contributed by atoms with Crippen molar-refractivity contribution >= 4 is 11.5 Å². The predicted molar refractivity (Wildman–Crippen MR) is 106 cm³/mol. The molecule has 162 valence electrons. The third kappa shape index (κ3) is 6.43. The van der Waals surface area contributed by atoms with E-state index in [1.54, 1.807) is 6.07 Å². The summed E-state index contributed by atoms with van der Waals surface area (Å²) >= 11 is 0. The monoisotopic (exact) mass is 424 g/mol. The van der Waals surface area contributed by atoms with Gasteiger partial charge in [-0.2, -0.15) is 13.2 Å². The van der Waals surface area contributed by atoms with E-state index in [2.05, 4.69) is 9.72 Å². The first-order valence-corrected chi connectivity index (χ1v) is 9.85. The highest BCUT2D eigenvalue weighted by molar-refractivity contribution is 5.81. The molecule has 2 aromatic rings. The number of Topliss-reactive ketones (excluding diaryl/α,β-unsaturated/α-hetero) is 1. The first kappa shape index (κ1) is 22.1. The van der Waals surface area contributed by atoms with E-state index in [1.807, 2.05) is 36.1 Å². The van der Waals surface area contributed by atoms with E-state index < -0.39 is 19.0 Å². The summed E-state index contributed by atoms with van der Waals surface area (Å²) in [4.78, 5) is 18.5. The molecule has 0 radical (unpaired) electrons. The van der Waals surface area contributed by atoms with Gasteiger partial charge in [-0.25, -0.2) is 4.39 Å². The molecule has 0 amide bonds. The minimum absolute atomic E-state index is 0.0341. The summed E-state index contributed by atoms with van der Waals surface area (Å²) in [5.41, 5.74) is 2.46. The van der Waals surface area contributed by atoms with Crippen LogP contribution in [0.1, 0.15) is 36.9 Å². The molecule has 0 unspecified atom stereocenters. The van der Waals surface area contributed by atoms with E-state index in [1.165, 1.54) is 12.3 Å². The zero-order valence-electron chi connectivity index (χ0n) is 16.7. The zero-order valence-corrected chi connectivity index (χ0v) is 16.7. The van der Waals surface area contributed by atoms with Gasteiger partial charge in [0.1, 0.15) is 17.7 Å². The Morgan fingerprint density at radius 1 is 1.23 bits per heavy atom. The summed E-state index contributed by atoms with van der Waals surface area (Å²) in [5, 5.41) is 0. The lowest BCUT2D eigenvalue weighted by molar-refractivity contribution is -0.153. The molecular formula is C22H24F4N2O2. The maximum Gasteiger partial charge on any atom is 0.422 e. The third-order valence-corrected chi connectivity index (χ3v) is 5.03. The lowest BCUT2D eigenvalue weighted by Gasteiger charge is -2.17. The molecule has 1 aliphatic heterocycles. The number of alkyl halides is 4. The van der Waals surface area contributed by atoms with E-state index in [4.69, 9.17) is 0 Å². The number of ether oxygens (including phenoxy) is 1. The van der Waals surface area contributed by atoms with E-state index in [0.717, 1.165) is 11.3 Å². The normalized spacial score (nSPS) is 17.8. The summed E-state index contributed by atoms with van der Waals surface area (Å²) in [6.07, 6.45) is -2.86. The number of aromatic nitrogens is 1. The zero-order chi connectivity index (χ0) is 21.7. The lowest BCUT2D eigenvalue weighted by Crippen LogP contribution is -2.19. The van der Waals surface area contributed by atoms with Gasteiger partial charge in [0.25, 0.3) is 0 Å². The lowest BCUT2D eigenvalue weighted by atomic mass is 9.96. The van der Waals surface area contributed by atoms with Crippen molar-refractivity contribution in [3.05, 3.63) is 53.9 Å². The van der Waals surface area contributed by atoms with Crippen LogP contribution in [0.5, 0.6) is 5.75 Å². The van der Waals surface area contributed by atoms with Crippen LogP contribution in [0.15, 0.2) is 42.6 Å². The standard InChI is InChI=1S/C22H24F4N2O2/c1-15(21-7-6-20(12-27-21)30-14-22(24,25)26)10-19(29)11-16-2-4-18(5-3-16)28-9-8-17(23)13-28/h2-7,12,15,17H,8-11,13-14H2,1H3/t15-,17-/m0/s1. The number of ketones is 1. The molecule has 1 aliphatic rings. The minimum atomic E-state index is -4.40. The summed E-state index contributed by atoms with van der Waals surface area (Å²) in [7, 11) is 0. The van der Waals surface area contributed by atoms with Gasteiger partial charge >= 0.3 is 6.18 Å². The molecular weight excluding hydrogens is 400 g/mol. The van der Waals surface area contributed by atoms with Gasteiger partial charge in [0.15, 0.2) is 6.61 Å². The van der Waals surface area contributed by atoms with E-state index in [-0.39, 0.29) is 30.3 Å². The molecule has 1 aromatic carbocycles. The van der Waals surface area contributed by atoms with Crippen molar-refractivity contribution in [3.63, 3.8) is 0 Å². The van der Waals surface area contributed by atoms with Gasteiger partial charge in [0.05, 0.1) is 6.20 Å². The number of carbonyl (C=O) groups is 1. The molecule has 30 heavy (non-hydrogen) atoms. The number of hydrogen-bond donors (Lipinski definition) is 0. The first-order valence-electron chi connectivity index (χ1n) is 9.85. The van der Waals surface area contributed by atoms with Crippen LogP contribution in [-0.2, 0) is 11.2 Å². The SMILES string of the molecule is C[C@@H](CC(=O)Cc1ccc(N2CC[C@H](F)C2)cc1)c1ccc(OCC(F)(F)F)cn1. The predicted octanol–water partition coefficient (Wildman–Crippen LogP) is 4.88. The van der Waals surface area contributed by atoms with Gasteiger partial charge in [-0.15, -0.1) is 0 Å². The molecule has 8 heteroatoms. The topological polar surface area (TPSA) is 42.4 Å². The van der Waals surface area contributed by atoms with Gasteiger partial charge in [-0.1, -0.05) is 19.1 Å². The first-order chi connectivity index (χ1) is 14.2. The van der Waals surface area contributed by atoms with Crippen molar-refractivity contribution in [2.45, 2.75) is 44.5 Å². The van der Waals surface area contributed by atoms with E-state index in [0.29, 0.717) is 25.2 Å². The summed E-state index contributed by atoms with van der Waals surface area (Å²) in [5.74, 6) is -0.0919. The molecule has 0 spiro atoms. The molecule has 1 saturated heterocycles. The fourth-order valence-corrected chi connectivity index (χ4v) is 3.46. The Morgan fingerprint density at radius 3 is 2.53 bits per heavy atom. The smallest absolute Gasteiger partial charge is 0.422 e. The molecule has 0 N–H and O–H groups in total. The third-order valence-electron chi connectivity index (χ3n) is 5.03. The highest BCUT2D eigenvalue weighted by Crippen LogP contribution is 2.24. The van der Waals surface area contributed by atoms with Crippen LogP contribution in [0.4, 0.5) is 23.2 Å². The van der Waals surface area contributed by atoms with E-state index in [9.17, 15) is 22.4 Å². The van der Waals surface area contributed by atoms with Crippen molar-refractivity contribution < 1.29 is 27.1 Å². The Balaban J connectivity index is 1.49. The number of pyridine rings is 1. The summed E-state index contributed by atoms with van der Waals surface area (Å²) in [6.45, 7) is 1.58. The second-order valence-corrected chi connectivity index (χ2v) is 7.64. The highest BCUT2D eigenvalue weighted by atomic mass is 19.4. The number of benzene rings is 1. The van der Waals surface area contributed by atoms with Crippen LogP contribution in [0, 0.1) is 0 Å². The van der Waals surface area contributed by atoms with E-state index >= 15 is 0 Å². The van der Waals surface area contributed by atoms with Crippen LogP contribution in [-0.4, -0.2) is 42.8 Å². The van der Waals surface area contributed by atoms with Crippen molar-refractivity contribution in [3.8, 4) is 5.75 Å². The second-order valence-electron chi connectivity index (χ2n) is 7.64. The maximum absolute atomic E-state index is 13.3. The van der Waals surface area contributed by atoms with Gasteiger partial charge < -0.3 is 9.64 Å². The molecule has 0 aliphatic carbocycles. The molecule has 2 heterocycles. The second kappa shape index (κ2) is 9.45. The van der Waals surface area contributed by atoms with Crippen LogP contribution >= 0.6 is 0 Å². The molecule has 2 atom stereocenters. The molecule has 1 fully saturated rings. The van der Waals surface area contributed by atoms with Gasteiger partial charge in [-0.3, -0.25) is 9.78 Å². The molecule has 3 rings (SSSR count). The fraction of sp³-hybridized carbons (Fsp3) is 0.455. The summed E-state index contributed by atoms with van der Waals surface area (Å²) in [6, 6.07) is 10.6. The number of nitrogens with zero attached hydrogens (tertiary/aromatic N) is 2. The maximum atomic E-state index is 13.3. The van der Waals surface area contributed by atoms with Gasteiger partial charge in [0, 0.05) is 43.2 Å². The Morgan fingerprint density at radius 2 is 1.97 bits per heavy atom. The Hall–Kier alpha value is -2.64. The molecule has 0 saturated carbocycles.